The average molecular weight is 232 g/mol. The van der Waals surface area contributed by atoms with Gasteiger partial charge in [-0.25, -0.2) is 0 Å². The normalized spacial score (nSPS) is 8.53. The standard InChI is InChI=1S/C12H10O.K.Na.H/c13-12-9-5-4-8-11(12)10-6-2-1-3-7-10;;;/h1-9,13H;;;/q;;+1;/p-1. The first-order valence-electron chi connectivity index (χ1n) is 4.19. The fourth-order valence-electron chi connectivity index (χ4n) is 1.32. The van der Waals surface area contributed by atoms with Crippen LogP contribution in [0.2, 0.25) is 0 Å². The summed E-state index contributed by atoms with van der Waals surface area (Å²) in [6.07, 6.45) is 0. The van der Waals surface area contributed by atoms with Gasteiger partial charge in [0.1, 0.15) is 0 Å². The molecule has 2 rings (SSSR count). The zero-order valence-corrected chi connectivity index (χ0v) is 10.1. The van der Waals surface area contributed by atoms with Crippen molar-refractivity contribution in [3.8, 4) is 16.9 Å². The van der Waals surface area contributed by atoms with E-state index in [1.165, 1.54) is 0 Å². The van der Waals surface area contributed by atoms with E-state index in [1.807, 2.05) is 42.5 Å². The van der Waals surface area contributed by atoms with Crippen molar-refractivity contribution in [2.24, 2.45) is 0 Å². The van der Waals surface area contributed by atoms with Gasteiger partial charge < -0.3 is 5.11 Å². The third-order valence-electron chi connectivity index (χ3n) is 1.97. The molecule has 0 aliphatic carbocycles. The molecular formula is C12H10KNaO. The Morgan fingerprint density at radius 3 is 1.87 bits per heavy atom. The Morgan fingerprint density at radius 2 is 1.27 bits per heavy atom. The number of hydrogen-bond donors (Lipinski definition) is 0. The van der Waals surface area contributed by atoms with E-state index in [-0.39, 0.29) is 86.7 Å². The van der Waals surface area contributed by atoms with E-state index >= 15 is 0 Å². The molecule has 2 aromatic carbocycles. The summed E-state index contributed by atoms with van der Waals surface area (Å²) >= 11 is 0. The summed E-state index contributed by atoms with van der Waals surface area (Å²) < 4.78 is 0. The molecule has 0 unspecified atom stereocenters. The predicted molar refractivity (Wildman–Crippen MR) is 58.5 cm³/mol. The molecule has 0 N–H and O–H groups in total. The van der Waals surface area contributed by atoms with Crippen molar-refractivity contribution >= 4 is 51.4 Å². The van der Waals surface area contributed by atoms with Gasteiger partial charge in [0.05, 0.1) is 0 Å². The second kappa shape index (κ2) is 8.04. The van der Waals surface area contributed by atoms with E-state index in [1.54, 1.807) is 12.1 Å². The minimum Gasteiger partial charge on any atom is -0.872 e. The van der Waals surface area contributed by atoms with Crippen LogP contribution >= 0.6 is 0 Å². The van der Waals surface area contributed by atoms with Gasteiger partial charge in [0.15, 0.2) is 0 Å². The second-order valence-electron chi connectivity index (χ2n) is 2.86. The van der Waals surface area contributed by atoms with Crippen molar-refractivity contribution in [1.29, 1.82) is 0 Å². The molecule has 1 nitrogen and oxygen atoms in total. The van der Waals surface area contributed by atoms with Crippen LogP contribution in [0.25, 0.3) is 11.1 Å². The maximum absolute atomic E-state index is 11.4. The zero-order valence-electron chi connectivity index (χ0n) is 8.10. The van der Waals surface area contributed by atoms with Gasteiger partial charge in [0.2, 0.25) is 0 Å². The minimum absolute atomic E-state index is 0. The zero-order chi connectivity index (χ0) is 9.10. The molecule has 0 saturated carbocycles. The van der Waals surface area contributed by atoms with Crippen LogP contribution in [0.5, 0.6) is 5.75 Å². The van der Waals surface area contributed by atoms with Gasteiger partial charge in [-0.3, -0.25) is 0 Å². The monoisotopic (exact) mass is 232 g/mol. The summed E-state index contributed by atoms with van der Waals surface area (Å²) in [5, 5.41) is 11.4. The van der Waals surface area contributed by atoms with Gasteiger partial charge in [-0.1, -0.05) is 54.6 Å². The third kappa shape index (κ3) is 4.33. The van der Waals surface area contributed by atoms with Gasteiger partial charge in [-0.2, -0.15) is 0 Å². The van der Waals surface area contributed by atoms with Crippen LogP contribution < -0.4 is 34.7 Å². The largest absolute Gasteiger partial charge is 1.00 e. The molecule has 0 aliphatic heterocycles. The average Bonchev–Trinajstić information content (AvgIpc) is 2.20. The summed E-state index contributed by atoms with van der Waals surface area (Å²) in [7, 11) is 0. The quantitative estimate of drug-likeness (QED) is 0.565. The van der Waals surface area contributed by atoms with Crippen molar-refractivity contribution in [2.45, 2.75) is 0 Å². The van der Waals surface area contributed by atoms with Crippen LogP contribution in [-0.2, 0) is 0 Å². The van der Waals surface area contributed by atoms with Gasteiger partial charge in [0.25, 0.3) is 0 Å². The molecule has 0 fully saturated rings. The maximum Gasteiger partial charge on any atom is 1.00 e. The predicted octanol–water partition coefficient (Wildman–Crippen LogP) is -1.22. The van der Waals surface area contributed by atoms with E-state index in [2.05, 4.69) is 0 Å². The van der Waals surface area contributed by atoms with Crippen LogP contribution in [0.1, 0.15) is 0 Å². The number of hydrogen-bond acceptors (Lipinski definition) is 1. The van der Waals surface area contributed by atoms with Crippen molar-refractivity contribution in [3.63, 3.8) is 0 Å². The Labute approximate surface area is 155 Å². The van der Waals surface area contributed by atoms with Gasteiger partial charge >= 0.3 is 80.9 Å². The molecule has 2 aromatic rings. The third-order valence-corrected chi connectivity index (χ3v) is 1.97. The van der Waals surface area contributed by atoms with Crippen LogP contribution in [0.4, 0.5) is 0 Å². The first-order valence-corrected chi connectivity index (χ1v) is 4.19. The van der Waals surface area contributed by atoms with E-state index in [4.69, 9.17) is 0 Å². The Bertz CT molecular complexity index is 403. The van der Waals surface area contributed by atoms with Crippen LogP contribution in [0, 0.1) is 0 Å². The Hall–Kier alpha value is 0.876. The summed E-state index contributed by atoms with van der Waals surface area (Å²) in [5.74, 6) is 0.0775. The molecule has 0 saturated heterocycles. The molecule has 0 amide bonds. The van der Waals surface area contributed by atoms with Gasteiger partial charge in [-0.15, -0.1) is 5.75 Å². The van der Waals surface area contributed by atoms with Crippen LogP contribution in [0.15, 0.2) is 54.6 Å². The van der Waals surface area contributed by atoms with Crippen molar-refractivity contribution in [1.82, 2.24) is 0 Å². The van der Waals surface area contributed by atoms with Gasteiger partial charge in [-0.05, 0) is 11.1 Å². The molecule has 0 radical (unpaired) electrons. The second-order valence-corrected chi connectivity index (χ2v) is 2.86. The molecule has 0 aromatic heterocycles. The first kappa shape index (κ1) is 15.9. The Balaban J connectivity index is 0.000000980. The Morgan fingerprint density at radius 1 is 0.733 bits per heavy atom. The van der Waals surface area contributed by atoms with Crippen molar-refractivity contribution in [2.75, 3.05) is 0 Å². The van der Waals surface area contributed by atoms with E-state index in [0.717, 1.165) is 11.1 Å². The molecular weight excluding hydrogens is 222 g/mol. The molecule has 15 heavy (non-hydrogen) atoms. The fraction of sp³-hybridized carbons (Fsp3) is 0. The van der Waals surface area contributed by atoms with Crippen LogP contribution in [-0.4, -0.2) is 51.4 Å². The maximum atomic E-state index is 11.4. The summed E-state index contributed by atoms with van der Waals surface area (Å²) in [6, 6.07) is 16.8. The smallest absolute Gasteiger partial charge is 0.872 e. The summed E-state index contributed by atoms with van der Waals surface area (Å²) in [5.41, 5.74) is 1.75. The van der Waals surface area contributed by atoms with E-state index in [9.17, 15) is 5.11 Å². The molecule has 0 spiro atoms. The first-order chi connectivity index (χ1) is 6.38. The number of para-hydroxylation sites is 1. The van der Waals surface area contributed by atoms with E-state index < -0.39 is 0 Å². The minimum atomic E-state index is 0. The summed E-state index contributed by atoms with van der Waals surface area (Å²) in [4.78, 5) is 0. The molecule has 3 heteroatoms. The summed E-state index contributed by atoms with van der Waals surface area (Å²) in [6.45, 7) is 0. The Kier molecular flexibility index (Phi) is 8.51. The molecule has 0 atom stereocenters. The number of rotatable bonds is 1. The van der Waals surface area contributed by atoms with Gasteiger partial charge in [0, 0.05) is 0 Å². The SMILES string of the molecule is [KH].[Na+].[O-]c1ccccc1-c1ccccc1. The van der Waals surface area contributed by atoms with E-state index in [0.29, 0.717) is 0 Å². The number of benzene rings is 2. The molecule has 0 heterocycles. The molecule has 0 aliphatic rings. The molecule has 66 valence electrons. The fourth-order valence-corrected chi connectivity index (χ4v) is 1.32. The topological polar surface area (TPSA) is 23.1 Å². The van der Waals surface area contributed by atoms with Crippen molar-refractivity contribution in [3.05, 3.63) is 54.6 Å². The van der Waals surface area contributed by atoms with Crippen molar-refractivity contribution < 1.29 is 34.7 Å². The van der Waals surface area contributed by atoms with Crippen LogP contribution in [0.3, 0.4) is 0 Å². The molecule has 0 bridgehead atoms.